The second-order valence-corrected chi connectivity index (χ2v) is 5.32. The smallest absolute Gasteiger partial charge is 0.157 e. The first-order chi connectivity index (χ1) is 10.0. The number of phenolic OH excluding ortho intramolecular Hbond substituents is 4. The molecule has 1 aliphatic heterocycles. The van der Waals surface area contributed by atoms with Crippen molar-refractivity contribution >= 4 is 12.4 Å². The molecule has 0 radical (unpaired) electrons. The lowest BCUT2D eigenvalue weighted by atomic mass is 9.90. The van der Waals surface area contributed by atoms with Crippen LogP contribution in [0.2, 0.25) is 0 Å². The number of fused-ring (bicyclic) bond motifs is 1. The zero-order chi connectivity index (χ0) is 15.0. The van der Waals surface area contributed by atoms with Crippen LogP contribution in [0, 0.1) is 0 Å². The van der Waals surface area contributed by atoms with E-state index in [-0.39, 0.29) is 41.4 Å². The van der Waals surface area contributed by atoms with E-state index in [1.807, 2.05) is 0 Å². The Hall–Kier alpha value is -2.11. The summed E-state index contributed by atoms with van der Waals surface area (Å²) >= 11 is 0. The molecule has 0 saturated carbocycles. The van der Waals surface area contributed by atoms with Gasteiger partial charge < -0.3 is 25.7 Å². The van der Waals surface area contributed by atoms with E-state index in [1.165, 1.54) is 12.1 Å². The van der Waals surface area contributed by atoms with Gasteiger partial charge in [0.15, 0.2) is 23.0 Å². The summed E-state index contributed by atoms with van der Waals surface area (Å²) < 4.78 is 0. The molecule has 0 saturated heterocycles. The summed E-state index contributed by atoms with van der Waals surface area (Å²) in [6.07, 6.45) is 1.41. The molecule has 5 N–H and O–H groups in total. The molecule has 118 valence electrons. The van der Waals surface area contributed by atoms with Crippen LogP contribution in [0.3, 0.4) is 0 Å². The van der Waals surface area contributed by atoms with Gasteiger partial charge in [0.1, 0.15) is 0 Å². The van der Waals surface area contributed by atoms with Crippen molar-refractivity contribution in [1.82, 2.24) is 5.32 Å². The maximum atomic E-state index is 9.69. The third-order valence-electron chi connectivity index (χ3n) is 3.88. The number of rotatable bonds is 2. The predicted molar refractivity (Wildman–Crippen MR) is 84.9 cm³/mol. The minimum atomic E-state index is -0.142. The number of halogens is 1. The Kier molecular flexibility index (Phi) is 4.68. The lowest BCUT2D eigenvalue weighted by Gasteiger charge is -2.27. The van der Waals surface area contributed by atoms with E-state index in [2.05, 4.69) is 5.32 Å². The molecule has 1 atom stereocenters. The van der Waals surface area contributed by atoms with Crippen LogP contribution in [0.1, 0.15) is 22.7 Å². The number of benzene rings is 2. The van der Waals surface area contributed by atoms with E-state index in [4.69, 9.17) is 0 Å². The predicted octanol–water partition coefficient (Wildman–Crippen LogP) is 2.36. The number of hydrogen-bond donors (Lipinski definition) is 5. The van der Waals surface area contributed by atoms with Gasteiger partial charge in [-0.2, -0.15) is 0 Å². The molecule has 3 rings (SSSR count). The number of nitrogens with one attached hydrogen (secondary N) is 1. The molecule has 2 aromatic rings. The van der Waals surface area contributed by atoms with Crippen LogP contribution in [0.25, 0.3) is 0 Å². The first kappa shape index (κ1) is 16.3. The minimum Gasteiger partial charge on any atom is -0.504 e. The Morgan fingerprint density at radius 2 is 1.59 bits per heavy atom. The molecule has 22 heavy (non-hydrogen) atoms. The van der Waals surface area contributed by atoms with Gasteiger partial charge in [0.2, 0.25) is 0 Å². The van der Waals surface area contributed by atoms with Crippen molar-refractivity contribution in [1.29, 1.82) is 0 Å². The van der Waals surface area contributed by atoms with Crippen molar-refractivity contribution in [2.75, 3.05) is 6.54 Å². The van der Waals surface area contributed by atoms with Crippen molar-refractivity contribution in [3.05, 3.63) is 47.0 Å². The summed E-state index contributed by atoms with van der Waals surface area (Å²) in [7, 11) is 0. The van der Waals surface area contributed by atoms with Crippen molar-refractivity contribution in [3.8, 4) is 23.0 Å². The van der Waals surface area contributed by atoms with Crippen molar-refractivity contribution in [2.45, 2.75) is 18.9 Å². The molecule has 2 aromatic carbocycles. The number of hydrogen-bond acceptors (Lipinski definition) is 5. The fourth-order valence-electron chi connectivity index (χ4n) is 2.78. The standard InChI is InChI=1S/C16H17NO4.ClH/c18-13-2-1-9(6-14(13)19)5-12-11-8-16(21)15(20)7-10(11)3-4-17-12;/h1-2,6-8,12,17-21H,3-5H2;1H/t12-;/m0./s1. The first-order valence-corrected chi connectivity index (χ1v) is 6.83. The molecular formula is C16H18ClNO4. The van der Waals surface area contributed by atoms with Crippen LogP contribution in [0.15, 0.2) is 30.3 Å². The molecule has 1 aliphatic rings. The third kappa shape index (κ3) is 3.05. The number of aromatic hydroxyl groups is 4. The molecule has 0 aromatic heterocycles. The maximum absolute atomic E-state index is 9.69. The van der Waals surface area contributed by atoms with Gasteiger partial charge in [0.05, 0.1) is 0 Å². The largest absolute Gasteiger partial charge is 0.504 e. The Morgan fingerprint density at radius 3 is 2.32 bits per heavy atom. The van der Waals surface area contributed by atoms with Crippen molar-refractivity contribution in [2.24, 2.45) is 0 Å². The first-order valence-electron chi connectivity index (χ1n) is 6.83. The van der Waals surface area contributed by atoms with Gasteiger partial charge in [-0.05, 0) is 60.3 Å². The molecule has 5 nitrogen and oxygen atoms in total. The maximum Gasteiger partial charge on any atom is 0.157 e. The highest BCUT2D eigenvalue weighted by Gasteiger charge is 2.22. The van der Waals surface area contributed by atoms with Crippen LogP contribution < -0.4 is 5.32 Å². The monoisotopic (exact) mass is 323 g/mol. The molecule has 0 amide bonds. The molecule has 0 bridgehead atoms. The zero-order valence-electron chi connectivity index (χ0n) is 11.8. The van der Waals surface area contributed by atoms with Crippen molar-refractivity contribution < 1.29 is 20.4 Å². The number of phenols is 4. The lowest BCUT2D eigenvalue weighted by Crippen LogP contribution is -2.31. The SMILES string of the molecule is Cl.Oc1ccc(C[C@@H]2NCCc3cc(O)c(O)cc32)cc1O. The molecule has 1 heterocycles. The van der Waals surface area contributed by atoms with E-state index >= 15 is 0 Å². The molecule has 0 fully saturated rings. The second kappa shape index (κ2) is 6.34. The third-order valence-corrected chi connectivity index (χ3v) is 3.88. The van der Waals surface area contributed by atoms with Crippen molar-refractivity contribution in [3.63, 3.8) is 0 Å². The highest BCUT2D eigenvalue weighted by Crippen LogP contribution is 2.35. The van der Waals surface area contributed by atoms with Gasteiger partial charge in [-0.25, -0.2) is 0 Å². The minimum absolute atomic E-state index is 0. The Bertz CT molecular complexity index is 690. The second-order valence-electron chi connectivity index (χ2n) is 5.32. The highest BCUT2D eigenvalue weighted by atomic mass is 35.5. The molecule has 0 spiro atoms. The van der Waals surface area contributed by atoms with Gasteiger partial charge in [-0.1, -0.05) is 6.07 Å². The van der Waals surface area contributed by atoms with Crippen LogP contribution in [-0.2, 0) is 12.8 Å². The van der Waals surface area contributed by atoms with Crippen LogP contribution in [0.4, 0.5) is 0 Å². The zero-order valence-corrected chi connectivity index (χ0v) is 12.6. The van der Waals surface area contributed by atoms with Gasteiger partial charge in [0.25, 0.3) is 0 Å². The lowest BCUT2D eigenvalue weighted by molar-refractivity contribution is 0.397. The highest BCUT2D eigenvalue weighted by molar-refractivity contribution is 5.85. The summed E-state index contributed by atoms with van der Waals surface area (Å²) in [6.45, 7) is 0.784. The van der Waals surface area contributed by atoms with E-state index in [1.54, 1.807) is 18.2 Å². The van der Waals surface area contributed by atoms with Gasteiger partial charge in [-0.15, -0.1) is 12.4 Å². The molecule has 0 unspecified atom stereocenters. The Balaban J connectivity index is 0.00000176. The fraction of sp³-hybridized carbons (Fsp3) is 0.250. The summed E-state index contributed by atoms with van der Waals surface area (Å²) in [5, 5.41) is 41.6. The van der Waals surface area contributed by atoms with E-state index < -0.39 is 0 Å². The normalized spacial score (nSPS) is 16.6. The summed E-state index contributed by atoms with van der Waals surface area (Å²) in [4.78, 5) is 0. The van der Waals surface area contributed by atoms with Crippen LogP contribution in [-0.4, -0.2) is 27.0 Å². The Labute approximate surface area is 134 Å². The summed E-state index contributed by atoms with van der Waals surface area (Å²) in [6, 6.07) is 7.93. The van der Waals surface area contributed by atoms with E-state index in [0.29, 0.717) is 6.42 Å². The quantitative estimate of drug-likeness (QED) is 0.547. The summed E-state index contributed by atoms with van der Waals surface area (Å²) in [5.41, 5.74) is 2.84. The van der Waals surface area contributed by atoms with Gasteiger partial charge >= 0.3 is 0 Å². The average molecular weight is 324 g/mol. The fourth-order valence-corrected chi connectivity index (χ4v) is 2.78. The topological polar surface area (TPSA) is 93.0 Å². The average Bonchev–Trinajstić information content (AvgIpc) is 2.45. The molecule has 0 aliphatic carbocycles. The van der Waals surface area contributed by atoms with Crippen LogP contribution >= 0.6 is 12.4 Å². The van der Waals surface area contributed by atoms with E-state index in [9.17, 15) is 20.4 Å². The van der Waals surface area contributed by atoms with Gasteiger partial charge in [0, 0.05) is 6.04 Å². The van der Waals surface area contributed by atoms with Crippen LogP contribution in [0.5, 0.6) is 23.0 Å². The van der Waals surface area contributed by atoms with Gasteiger partial charge in [-0.3, -0.25) is 0 Å². The molecule has 6 heteroatoms. The molecular weight excluding hydrogens is 306 g/mol. The summed E-state index contributed by atoms with van der Waals surface area (Å²) in [5.74, 6) is -0.511. The van der Waals surface area contributed by atoms with E-state index in [0.717, 1.165) is 29.7 Å². The Morgan fingerprint density at radius 1 is 0.909 bits per heavy atom.